The summed E-state index contributed by atoms with van der Waals surface area (Å²) in [6.45, 7) is 0. The molecule has 0 atom stereocenters. The molecule has 0 saturated heterocycles. The predicted octanol–water partition coefficient (Wildman–Crippen LogP) is 16.5. The van der Waals surface area contributed by atoms with E-state index in [0.29, 0.717) is 17.5 Å². The fraction of sp³-hybridized carbons (Fsp3) is 0. The van der Waals surface area contributed by atoms with Crippen molar-refractivity contribution in [3.8, 4) is 84.4 Å². The zero-order valence-electron chi connectivity index (χ0n) is 36.8. The Morgan fingerprint density at radius 3 is 1.47 bits per heavy atom. The summed E-state index contributed by atoms with van der Waals surface area (Å²) in [5.74, 6) is 1.79. The molecule has 0 amide bonds. The van der Waals surface area contributed by atoms with Crippen molar-refractivity contribution in [1.82, 2.24) is 19.5 Å². The lowest BCUT2D eigenvalue weighted by molar-refractivity contribution is 0.669. The Morgan fingerprint density at radius 2 is 0.794 bits per heavy atom. The lowest BCUT2D eigenvalue weighted by atomic mass is 9.88. The van der Waals surface area contributed by atoms with E-state index in [1.807, 2.05) is 36.4 Å². The van der Waals surface area contributed by atoms with Crippen LogP contribution in [-0.2, 0) is 0 Å². The largest absolute Gasteiger partial charge is 0.456 e. The highest BCUT2D eigenvalue weighted by Crippen LogP contribution is 2.45. The van der Waals surface area contributed by atoms with Gasteiger partial charge in [0.2, 0.25) is 0 Å². The average Bonchev–Trinajstić information content (AvgIpc) is 3.97. The van der Waals surface area contributed by atoms with E-state index in [1.165, 1.54) is 10.8 Å². The number of hydrogen-bond donors (Lipinski definition) is 0. The van der Waals surface area contributed by atoms with Crippen molar-refractivity contribution in [2.24, 2.45) is 0 Å². The lowest BCUT2D eigenvalue weighted by Crippen LogP contribution is -2.01. The van der Waals surface area contributed by atoms with Gasteiger partial charge in [-0.2, -0.15) is 0 Å². The van der Waals surface area contributed by atoms with Gasteiger partial charge in [-0.1, -0.05) is 188 Å². The molecule has 3 aromatic heterocycles. The molecular weight excluding hydrogens is 829 g/mol. The van der Waals surface area contributed by atoms with Crippen LogP contribution in [0.4, 0.5) is 0 Å². The van der Waals surface area contributed by atoms with Gasteiger partial charge in [0.15, 0.2) is 17.5 Å². The van der Waals surface area contributed by atoms with E-state index in [0.717, 1.165) is 99.9 Å². The SMILES string of the molecule is c1ccc(-c2ccc(-c3ccccc3)c(-c3ccc(-c4ccc5oc6ccc7c8ccccc8n(-c8ccccc8)c7c6c5c4)c(-c4nc(-c5ccccc5)nc(-c5ccccc5)n4)c3)c2)cc1. The highest BCUT2D eigenvalue weighted by molar-refractivity contribution is 6.25. The van der Waals surface area contributed by atoms with Gasteiger partial charge in [-0.05, 0) is 99.1 Å². The van der Waals surface area contributed by atoms with Gasteiger partial charge in [0, 0.05) is 38.5 Å². The Hall–Kier alpha value is -9.19. The summed E-state index contributed by atoms with van der Waals surface area (Å²) in [4.78, 5) is 15.8. The Labute approximate surface area is 392 Å². The number of para-hydroxylation sites is 2. The van der Waals surface area contributed by atoms with Crippen molar-refractivity contribution < 1.29 is 4.42 Å². The van der Waals surface area contributed by atoms with Crippen LogP contribution in [0.25, 0.3) is 128 Å². The molecule has 0 aliphatic rings. The molecule has 0 saturated carbocycles. The summed E-state index contributed by atoms with van der Waals surface area (Å²) < 4.78 is 9.09. The molecule has 0 aliphatic heterocycles. The van der Waals surface area contributed by atoms with Crippen LogP contribution in [0.5, 0.6) is 0 Å². The Morgan fingerprint density at radius 1 is 0.294 bits per heavy atom. The van der Waals surface area contributed by atoms with Crippen molar-refractivity contribution in [1.29, 1.82) is 0 Å². The fourth-order valence-electron chi connectivity index (χ4n) is 9.87. The number of rotatable bonds is 8. The molecule has 0 radical (unpaired) electrons. The van der Waals surface area contributed by atoms with Crippen molar-refractivity contribution in [2.75, 3.05) is 0 Å². The minimum absolute atomic E-state index is 0.582. The van der Waals surface area contributed by atoms with Gasteiger partial charge in [0.05, 0.1) is 16.4 Å². The maximum atomic E-state index is 6.72. The van der Waals surface area contributed by atoms with Gasteiger partial charge in [-0.15, -0.1) is 0 Å². The van der Waals surface area contributed by atoms with Crippen LogP contribution in [0.15, 0.2) is 247 Å². The van der Waals surface area contributed by atoms with Gasteiger partial charge < -0.3 is 8.98 Å². The summed E-state index contributed by atoms with van der Waals surface area (Å²) in [6, 6.07) is 85.2. The first-order valence-corrected chi connectivity index (χ1v) is 22.9. The van der Waals surface area contributed by atoms with Crippen LogP contribution >= 0.6 is 0 Å². The van der Waals surface area contributed by atoms with E-state index in [9.17, 15) is 0 Å². The first kappa shape index (κ1) is 39.2. The third kappa shape index (κ3) is 6.76. The van der Waals surface area contributed by atoms with Gasteiger partial charge in [-0.25, -0.2) is 15.0 Å². The molecule has 0 aliphatic carbocycles. The molecule has 0 unspecified atom stereocenters. The van der Waals surface area contributed by atoms with E-state index >= 15 is 0 Å². The van der Waals surface area contributed by atoms with Crippen molar-refractivity contribution in [3.05, 3.63) is 243 Å². The van der Waals surface area contributed by atoms with Gasteiger partial charge in [0.25, 0.3) is 0 Å². The normalized spacial score (nSPS) is 11.5. The molecule has 0 bridgehead atoms. The van der Waals surface area contributed by atoms with E-state index < -0.39 is 0 Å². The number of nitrogens with zero attached hydrogens (tertiary/aromatic N) is 4. The van der Waals surface area contributed by atoms with Crippen LogP contribution in [0.2, 0.25) is 0 Å². The first-order valence-electron chi connectivity index (χ1n) is 22.9. The fourth-order valence-corrected chi connectivity index (χ4v) is 9.87. The predicted molar refractivity (Wildman–Crippen MR) is 279 cm³/mol. The van der Waals surface area contributed by atoms with Crippen LogP contribution < -0.4 is 0 Å². The average molecular weight is 869 g/mol. The Balaban J connectivity index is 1.09. The zero-order chi connectivity index (χ0) is 45.0. The summed E-state index contributed by atoms with van der Waals surface area (Å²) >= 11 is 0. The monoisotopic (exact) mass is 868 g/mol. The number of furan rings is 1. The zero-order valence-corrected chi connectivity index (χ0v) is 36.8. The van der Waals surface area contributed by atoms with Gasteiger partial charge >= 0.3 is 0 Å². The molecule has 13 rings (SSSR count). The third-order valence-electron chi connectivity index (χ3n) is 13.1. The maximum absolute atomic E-state index is 6.72. The quantitative estimate of drug-likeness (QED) is 0.153. The molecule has 10 aromatic carbocycles. The number of fused-ring (bicyclic) bond motifs is 7. The highest BCUT2D eigenvalue weighted by atomic mass is 16.3. The Bertz CT molecular complexity index is 3940. The van der Waals surface area contributed by atoms with Crippen LogP contribution in [0, 0.1) is 0 Å². The number of aromatic nitrogens is 4. The van der Waals surface area contributed by atoms with Crippen molar-refractivity contribution in [2.45, 2.75) is 0 Å². The molecule has 3 heterocycles. The van der Waals surface area contributed by atoms with Crippen molar-refractivity contribution >= 4 is 43.7 Å². The molecule has 5 nitrogen and oxygen atoms in total. The molecule has 0 spiro atoms. The number of benzene rings is 10. The second kappa shape index (κ2) is 16.4. The minimum atomic E-state index is 0.582. The summed E-state index contributed by atoms with van der Waals surface area (Å²) in [5.41, 5.74) is 16.5. The van der Waals surface area contributed by atoms with Crippen LogP contribution in [-0.4, -0.2) is 19.5 Å². The second-order valence-corrected chi connectivity index (χ2v) is 17.1. The van der Waals surface area contributed by atoms with E-state index in [1.54, 1.807) is 0 Å². The lowest BCUT2D eigenvalue weighted by Gasteiger charge is -2.17. The van der Waals surface area contributed by atoms with Crippen molar-refractivity contribution in [3.63, 3.8) is 0 Å². The topological polar surface area (TPSA) is 56.7 Å². The van der Waals surface area contributed by atoms with Gasteiger partial charge in [0.1, 0.15) is 11.2 Å². The molecule has 13 aromatic rings. The summed E-state index contributed by atoms with van der Waals surface area (Å²) in [5, 5.41) is 4.47. The molecule has 0 fully saturated rings. The van der Waals surface area contributed by atoms with E-state index in [-0.39, 0.29) is 0 Å². The minimum Gasteiger partial charge on any atom is -0.456 e. The molecular formula is C63H40N4O. The molecule has 0 N–H and O–H groups in total. The maximum Gasteiger partial charge on any atom is 0.164 e. The van der Waals surface area contributed by atoms with Crippen LogP contribution in [0.3, 0.4) is 0 Å². The Kier molecular flexibility index (Phi) is 9.43. The third-order valence-corrected chi connectivity index (χ3v) is 13.1. The standard InChI is InChI=1S/C63H40N4O/c1-6-18-41(19-7-1)45-30-33-49(42-20-8-2-9-21-42)53(38-45)47-31-34-50(54(39-47)63-65-61(43-22-10-3-11-23-43)64-62(66-63)44-24-12-4-13-25-44)46-32-36-57-55(40-46)59-58(68-57)37-35-52-51-28-16-17-29-56(51)67(60(52)59)48-26-14-5-15-27-48/h1-40H. The summed E-state index contributed by atoms with van der Waals surface area (Å²) in [7, 11) is 0. The number of hydrogen-bond acceptors (Lipinski definition) is 4. The van der Waals surface area contributed by atoms with Crippen LogP contribution in [0.1, 0.15) is 0 Å². The molecule has 5 heteroatoms. The first-order chi connectivity index (χ1) is 33.7. The van der Waals surface area contributed by atoms with E-state index in [4.69, 9.17) is 19.4 Å². The second-order valence-electron chi connectivity index (χ2n) is 17.1. The van der Waals surface area contributed by atoms with E-state index in [2.05, 4.69) is 211 Å². The van der Waals surface area contributed by atoms with Gasteiger partial charge in [-0.3, -0.25) is 0 Å². The highest BCUT2D eigenvalue weighted by Gasteiger charge is 2.22. The molecule has 318 valence electrons. The summed E-state index contributed by atoms with van der Waals surface area (Å²) in [6.07, 6.45) is 0. The molecule has 68 heavy (non-hydrogen) atoms. The smallest absolute Gasteiger partial charge is 0.164 e.